The SMILES string of the molecule is CC(C)OC(=O)C(N)C1CCCCC1. The molecule has 1 saturated carbocycles. The molecule has 3 nitrogen and oxygen atoms in total. The Labute approximate surface area is 86.0 Å². The van der Waals surface area contributed by atoms with E-state index in [1.807, 2.05) is 13.8 Å². The Morgan fingerprint density at radius 1 is 1.29 bits per heavy atom. The van der Waals surface area contributed by atoms with Gasteiger partial charge in [-0.1, -0.05) is 19.3 Å². The van der Waals surface area contributed by atoms with Gasteiger partial charge in [0.15, 0.2) is 0 Å². The third kappa shape index (κ3) is 3.29. The fourth-order valence-electron chi connectivity index (χ4n) is 2.00. The fourth-order valence-corrected chi connectivity index (χ4v) is 2.00. The second-order valence-corrected chi connectivity index (χ2v) is 4.41. The standard InChI is InChI=1S/C11H21NO2/c1-8(2)14-11(13)10(12)9-6-4-3-5-7-9/h8-10H,3-7,12H2,1-2H3. The van der Waals surface area contributed by atoms with E-state index in [0.29, 0.717) is 5.92 Å². The van der Waals surface area contributed by atoms with Crippen molar-refractivity contribution in [3.63, 3.8) is 0 Å². The molecule has 0 saturated heterocycles. The topological polar surface area (TPSA) is 52.3 Å². The van der Waals surface area contributed by atoms with Gasteiger partial charge in [-0.3, -0.25) is 4.79 Å². The minimum absolute atomic E-state index is 0.0582. The second-order valence-electron chi connectivity index (χ2n) is 4.41. The monoisotopic (exact) mass is 199 g/mol. The van der Waals surface area contributed by atoms with Crippen LogP contribution in [0.25, 0.3) is 0 Å². The van der Waals surface area contributed by atoms with Crippen molar-refractivity contribution in [2.45, 2.75) is 58.1 Å². The molecule has 0 amide bonds. The van der Waals surface area contributed by atoms with Gasteiger partial charge in [0, 0.05) is 0 Å². The van der Waals surface area contributed by atoms with E-state index in [2.05, 4.69) is 0 Å². The molecule has 1 atom stereocenters. The summed E-state index contributed by atoms with van der Waals surface area (Å²) in [6.45, 7) is 3.71. The van der Waals surface area contributed by atoms with E-state index in [1.54, 1.807) is 0 Å². The molecule has 0 radical (unpaired) electrons. The minimum atomic E-state index is -0.405. The average Bonchev–Trinajstić information content (AvgIpc) is 2.17. The van der Waals surface area contributed by atoms with Crippen molar-refractivity contribution >= 4 is 5.97 Å². The molecule has 1 rings (SSSR count). The molecule has 1 aliphatic carbocycles. The summed E-state index contributed by atoms with van der Waals surface area (Å²) in [6, 6.07) is -0.405. The van der Waals surface area contributed by atoms with Crippen LogP contribution < -0.4 is 5.73 Å². The Kier molecular flexibility index (Phi) is 4.39. The zero-order chi connectivity index (χ0) is 10.6. The van der Waals surface area contributed by atoms with Crippen LogP contribution in [0.5, 0.6) is 0 Å². The molecule has 1 fully saturated rings. The molecular weight excluding hydrogens is 178 g/mol. The third-order valence-electron chi connectivity index (χ3n) is 2.78. The molecule has 0 heterocycles. The molecule has 0 aromatic carbocycles. The molecule has 0 bridgehead atoms. The summed E-state index contributed by atoms with van der Waals surface area (Å²) in [5.41, 5.74) is 5.87. The van der Waals surface area contributed by atoms with Crippen molar-refractivity contribution in [3.05, 3.63) is 0 Å². The molecule has 82 valence electrons. The molecule has 1 aliphatic rings. The van der Waals surface area contributed by atoms with Crippen molar-refractivity contribution in [2.24, 2.45) is 11.7 Å². The molecule has 14 heavy (non-hydrogen) atoms. The molecule has 0 aromatic rings. The van der Waals surface area contributed by atoms with Gasteiger partial charge in [-0.05, 0) is 32.6 Å². The molecule has 0 aliphatic heterocycles. The van der Waals surface area contributed by atoms with E-state index < -0.39 is 6.04 Å². The van der Waals surface area contributed by atoms with Gasteiger partial charge >= 0.3 is 5.97 Å². The lowest BCUT2D eigenvalue weighted by atomic mass is 9.84. The van der Waals surface area contributed by atoms with Gasteiger partial charge in [-0.2, -0.15) is 0 Å². The molecular formula is C11H21NO2. The first-order chi connectivity index (χ1) is 6.61. The summed E-state index contributed by atoms with van der Waals surface area (Å²) in [4.78, 5) is 11.5. The number of esters is 1. The lowest BCUT2D eigenvalue weighted by Gasteiger charge is -2.26. The van der Waals surface area contributed by atoms with E-state index in [-0.39, 0.29) is 12.1 Å². The van der Waals surface area contributed by atoms with E-state index in [4.69, 9.17) is 10.5 Å². The third-order valence-corrected chi connectivity index (χ3v) is 2.78. The molecule has 3 heteroatoms. The fraction of sp³-hybridized carbons (Fsp3) is 0.909. The van der Waals surface area contributed by atoms with Crippen LogP contribution in [-0.4, -0.2) is 18.1 Å². The van der Waals surface area contributed by atoms with Gasteiger partial charge in [0.1, 0.15) is 6.04 Å². The van der Waals surface area contributed by atoms with Gasteiger partial charge in [-0.15, -0.1) is 0 Å². The lowest BCUT2D eigenvalue weighted by Crippen LogP contribution is -2.41. The van der Waals surface area contributed by atoms with Gasteiger partial charge < -0.3 is 10.5 Å². The van der Waals surface area contributed by atoms with Crippen LogP contribution in [0, 0.1) is 5.92 Å². The summed E-state index contributed by atoms with van der Waals surface area (Å²) in [6.07, 6.45) is 5.78. The molecule has 0 aromatic heterocycles. The summed E-state index contributed by atoms with van der Waals surface area (Å²) < 4.78 is 5.10. The molecule has 0 spiro atoms. The Bertz CT molecular complexity index is 186. The van der Waals surface area contributed by atoms with Crippen molar-refractivity contribution in [3.8, 4) is 0 Å². The van der Waals surface area contributed by atoms with Crippen molar-refractivity contribution < 1.29 is 9.53 Å². The van der Waals surface area contributed by atoms with Crippen LogP contribution in [0.1, 0.15) is 46.0 Å². The molecule has 2 N–H and O–H groups in total. The molecule has 1 unspecified atom stereocenters. The van der Waals surface area contributed by atoms with Gasteiger partial charge in [-0.25, -0.2) is 0 Å². The van der Waals surface area contributed by atoms with E-state index >= 15 is 0 Å². The quantitative estimate of drug-likeness (QED) is 0.706. The number of ether oxygens (including phenoxy) is 1. The van der Waals surface area contributed by atoms with Crippen molar-refractivity contribution in [1.82, 2.24) is 0 Å². The van der Waals surface area contributed by atoms with E-state index in [0.717, 1.165) is 12.8 Å². The maximum atomic E-state index is 11.5. The van der Waals surface area contributed by atoms with Gasteiger partial charge in [0.2, 0.25) is 0 Å². The Hall–Kier alpha value is -0.570. The van der Waals surface area contributed by atoms with Crippen LogP contribution in [0.3, 0.4) is 0 Å². The number of hydrogen-bond acceptors (Lipinski definition) is 3. The van der Waals surface area contributed by atoms with Gasteiger partial charge in [0.05, 0.1) is 6.10 Å². The zero-order valence-electron chi connectivity index (χ0n) is 9.16. The Balaban J connectivity index is 2.38. The predicted octanol–water partition coefficient (Wildman–Crippen LogP) is 1.85. The van der Waals surface area contributed by atoms with Crippen LogP contribution >= 0.6 is 0 Å². The van der Waals surface area contributed by atoms with E-state index in [9.17, 15) is 4.79 Å². The largest absolute Gasteiger partial charge is 0.462 e. The van der Waals surface area contributed by atoms with Crippen LogP contribution in [0.15, 0.2) is 0 Å². The van der Waals surface area contributed by atoms with Gasteiger partial charge in [0.25, 0.3) is 0 Å². The van der Waals surface area contributed by atoms with Crippen LogP contribution in [0.4, 0.5) is 0 Å². The Morgan fingerprint density at radius 2 is 1.86 bits per heavy atom. The van der Waals surface area contributed by atoms with Crippen molar-refractivity contribution in [2.75, 3.05) is 0 Å². The van der Waals surface area contributed by atoms with Crippen LogP contribution in [0.2, 0.25) is 0 Å². The maximum Gasteiger partial charge on any atom is 0.323 e. The second kappa shape index (κ2) is 5.35. The number of nitrogens with two attached hydrogens (primary N) is 1. The minimum Gasteiger partial charge on any atom is -0.462 e. The lowest BCUT2D eigenvalue weighted by molar-refractivity contribution is -0.150. The van der Waals surface area contributed by atoms with E-state index in [1.165, 1.54) is 19.3 Å². The predicted molar refractivity (Wildman–Crippen MR) is 55.8 cm³/mol. The first-order valence-electron chi connectivity index (χ1n) is 5.57. The highest BCUT2D eigenvalue weighted by molar-refractivity contribution is 5.76. The number of carbonyl (C=O) groups excluding carboxylic acids is 1. The normalized spacial score (nSPS) is 20.9. The first kappa shape index (κ1) is 11.5. The van der Waals surface area contributed by atoms with Crippen molar-refractivity contribution in [1.29, 1.82) is 0 Å². The number of rotatable bonds is 3. The van der Waals surface area contributed by atoms with Crippen LogP contribution in [-0.2, 0) is 9.53 Å². The summed E-state index contributed by atoms with van der Waals surface area (Å²) in [7, 11) is 0. The highest BCUT2D eigenvalue weighted by atomic mass is 16.5. The first-order valence-corrected chi connectivity index (χ1v) is 5.57. The Morgan fingerprint density at radius 3 is 2.36 bits per heavy atom. The highest BCUT2D eigenvalue weighted by Crippen LogP contribution is 2.26. The summed E-state index contributed by atoms with van der Waals surface area (Å²) in [5.74, 6) is 0.113. The summed E-state index contributed by atoms with van der Waals surface area (Å²) in [5, 5.41) is 0. The highest BCUT2D eigenvalue weighted by Gasteiger charge is 2.27. The average molecular weight is 199 g/mol. The number of hydrogen-bond donors (Lipinski definition) is 1. The number of carbonyl (C=O) groups is 1. The smallest absolute Gasteiger partial charge is 0.323 e. The summed E-state index contributed by atoms with van der Waals surface area (Å²) >= 11 is 0. The maximum absolute atomic E-state index is 11.5. The zero-order valence-corrected chi connectivity index (χ0v) is 9.16.